The summed E-state index contributed by atoms with van der Waals surface area (Å²) in [5.74, 6) is -7.80. The number of aliphatic carboxylic acids is 1. The highest BCUT2D eigenvalue weighted by Crippen LogP contribution is 2.45. The second kappa shape index (κ2) is 23.0. The molecule has 378 valence electrons. The number of likely N-dealkylation sites (N-methyl/N-ethyl adjacent to an activating group) is 1. The average molecular weight is 991 g/mol. The van der Waals surface area contributed by atoms with Crippen LogP contribution in [0.25, 0.3) is 22.5 Å². The molecule has 1 aliphatic rings. The minimum atomic E-state index is -4.46. The first kappa shape index (κ1) is 54.5. The van der Waals surface area contributed by atoms with Crippen molar-refractivity contribution in [3.8, 4) is 39.8 Å². The number of phenols is 1. The number of nitrogens with zero attached hydrogens (tertiary/aromatic N) is 3. The number of phenolic OH excluding ortho intramolecular Hbond substituents is 1. The fourth-order valence-corrected chi connectivity index (χ4v) is 8.18. The van der Waals surface area contributed by atoms with Crippen molar-refractivity contribution in [1.29, 1.82) is 0 Å². The molecule has 2 amide bonds. The van der Waals surface area contributed by atoms with Crippen LogP contribution in [0.15, 0.2) is 60.8 Å². The van der Waals surface area contributed by atoms with E-state index < -0.39 is 107 Å². The number of fused-ring (bicyclic) bond motifs is 5. The largest absolute Gasteiger partial charge is 0.504 e. The van der Waals surface area contributed by atoms with E-state index in [-0.39, 0.29) is 71.0 Å². The number of aromatic hydroxyl groups is 1. The zero-order valence-corrected chi connectivity index (χ0v) is 40.7. The molecule has 21 nitrogen and oxygen atoms in total. The summed E-state index contributed by atoms with van der Waals surface area (Å²) in [6, 6.07) is 11.4. The van der Waals surface area contributed by atoms with Crippen LogP contribution in [0.3, 0.4) is 0 Å². The number of hydrogen-bond donors (Lipinski definition) is 9. The van der Waals surface area contributed by atoms with Crippen LogP contribution in [0.4, 0.5) is 0 Å². The molecule has 0 fully saturated rings. The van der Waals surface area contributed by atoms with E-state index >= 15 is 0 Å². The van der Waals surface area contributed by atoms with Crippen LogP contribution in [0.5, 0.6) is 17.2 Å². The van der Waals surface area contributed by atoms with Gasteiger partial charge in [-0.25, -0.2) is 24.6 Å². The van der Waals surface area contributed by atoms with E-state index in [0.29, 0.717) is 17.0 Å². The lowest BCUT2D eigenvalue weighted by molar-refractivity contribution is -0.143. The van der Waals surface area contributed by atoms with Crippen LogP contribution in [-0.2, 0) is 41.2 Å². The summed E-state index contributed by atoms with van der Waals surface area (Å²) < 4.78 is 38.4. The number of Topliss-reactive ketones (excluding diaryl/α,β-unsaturated/α-hetero) is 2. The third kappa shape index (κ3) is 13.9. The molecular formula is C48H62N8O13S. The van der Waals surface area contributed by atoms with Gasteiger partial charge in [-0.2, -0.15) is 8.42 Å². The summed E-state index contributed by atoms with van der Waals surface area (Å²) in [5.41, 5.74) is 13.5. The average Bonchev–Trinajstić information content (AvgIpc) is 3.30. The zero-order chi connectivity index (χ0) is 51.8. The molecule has 0 spiro atoms. The number of aromatic nitrogens is 2. The number of rotatable bonds is 18. The molecule has 0 saturated heterocycles. The number of benzene rings is 3. The predicted octanol–water partition coefficient (Wildman–Crippen LogP) is 1.42. The summed E-state index contributed by atoms with van der Waals surface area (Å²) in [7, 11) is -3.24. The Hall–Kier alpha value is -6.40. The molecule has 22 heteroatoms. The summed E-state index contributed by atoms with van der Waals surface area (Å²) in [4.78, 5) is 79.9. The normalized spacial score (nSPS) is 17.9. The van der Waals surface area contributed by atoms with Crippen molar-refractivity contribution in [1.82, 2.24) is 24.9 Å². The third-order valence-electron chi connectivity index (χ3n) is 11.8. The van der Waals surface area contributed by atoms with Crippen LogP contribution >= 0.6 is 0 Å². The number of ketones is 2. The summed E-state index contributed by atoms with van der Waals surface area (Å²) in [6.45, 7) is 7.29. The van der Waals surface area contributed by atoms with Gasteiger partial charge in [0.05, 0.1) is 17.2 Å². The second-order valence-electron chi connectivity index (χ2n) is 18.4. The van der Waals surface area contributed by atoms with Crippen molar-refractivity contribution >= 4 is 39.6 Å². The highest BCUT2D eigenvalue weighted by molar-refractivity contribution is 7.87. The first-order valence-corrected chi connectivity index (χ1v) is 24.0. The molecule has 4 bridgehead atoms. The van der Waals surface area contributed by atoms with Crippen molar-refractivity contribution in [3.05, 3.63) is 88.7 Å². The topological polar surface area (TPSA) is 350 Å². The highest BCUT2D eigenvalue weighted by atomic mass is 32.2. The molecule has 0 radical (unpaired) electrons. The number of carbonyl (C=O) groups is 5. The van der Waals surface area contributed by atoms with Crippen LogP contribution in [0, 0.1) is 18.8 Å². The van der Waals surface area contributed by atoms with Crippen LogP contribution in [0.1, 0.15) is 79.3 Å². The molecule has 1 aliphatic heterocycles. The number of carboxylic acids is 1. The smallest absolute Gasteiger partial charge is 0.326 e. The minimum Gasteiger partial charge on any atom is -0.504 e. The molecule has 0 unspecified atom stereocenters. The lowest BCUT2D eigenvalue weighted by Gasteiger charge is -2.32. The number of carbonyl (C=O) groups excluding carboxylic acids is 4. The number of nitrogens with one attached hydrogen (secondary N) is 2. The van der Waals surface area contributed by atoms with Gasteiger partial charge in [-0.15, -0.1) is 0 Å². The van der Waals surface area contributed by atoms with Gasteiger partial charge in [-0.1, -0.05) is 58.0 Å². The number of aliphatic hydroxyl groups is 2. The Morgan fingerprint density at radius 3 is 2.14 bits per heavy atom. The van der Waals surface area contributed by atoms with E-state index in [4.69, 9.17) is 26.1 Å². The maximum absolute atomic E-state index is 14.9. The van der Waals surface area contributed by atoms with Gasteiger partial charge in [0.15, 0.2) is 28.9 Å². The van der Waals surface area contributed by atoms with Gasteiger partial charge < -0.3 is 51.6 Å². The van der Waals surface area contributed by atoms with Crippen LogP contribution < -0.4 is 36.1 Å². The molecule has 3 aromatic carbocycles. The SMILES string of the molecule is Cc1nc(-c2ccc(C(C)(C)C)cc2)ncc1C(=O)C[C@@H](CNS(N)(=O)=O)C(=O)N(C)[C@@H]1C(=O)C[C@@H](C)C(=O)N[C@H](C(=O)O)Cc2ccc(OC[C@H](O)CN)c(c2)-c2cc1cc(OC[C@H](O)CN)c2O. The lowest BCUT2D eigenvalue weighted by Crippen LogP contribution is -2.46. The number of amides is 2. The number of carboxylic acid groups (broad SMARTS) is 1. The first-order chi connectivity index (χ1) is 32.8. The van der Waals surface area contributed by atoms with E-state index in [1.54, 1.807) is 6.92 Å². The Kier molecular flexibility index (Phi) is 17.9. The van der Waals surface area contributed by atoms with Crippen molar-refractivity contribution in [3.63, 3.8) is 0 Å². The Morgan fingerprint density at radius 1 is 0.943 bits per heavy atom. The van der Waals surface area contributed by atoms with Gasteiger partial charge in [0.1, 0.15) is 43.3 Å². The molecule has 2 heterocycles. The van der Waals surface area contributed by atoms with Crippen molar-refractivity contribution < 1.29 is 62.3 Å². The van der Waals surface area contributed by atoms with Crippen LogP contribution in [-0.4, -0.2) is 131 Å². The van der Waals surface area contributed by atoms with Gasteiger partial charge in [-0.05, 0) is 53.3 Å². The standard InChI is InChI=1S/C48H62N8O13S/c1-25-13-39(60)42(56(6)46(63)30(21-53-70(51,66)67)17-38(59)36-22-52-44(54-26(36)2)28-8-10-31(11-9-28)48(3,4)5)29-16-35(43(61)41(18-29)69-24-33(58)20-50)34-14-27(15-37(47(64)65)55-45(25)62)7-12-40(34)68-23-32(57)19-49/h7-12,14,16,18,22,25,30,32-33,37,42,53,57-58,61H,13,15,17,19-21,23-24,49-50H2,1-6H3,(H,55,62)(H,64,65)(H2,51,66,67)/t25-,30+,32-,33-,37+,42+/m1/s1. The van der Waals surface area contributed by atoms with Gasteiger partial charge in [0.25, 0.3) is 10.2 Å². The molecule has 70 heavy (non-hydrogen) atoms. The maximum Gasteiger partial charge on any atom is 0.326 e. The van der Waals surface area contributed by atoms with Crippen molar-refractivity contribution in [2.24, 2.45) is 28.4 Å². The summed E-state index contributed by atoms with van der Waals surface area (Å²) in [6.07, 6.45) is -2.54. The number of hydrogen-bond acceptors (Lipinski definition) is 16. The second-order valence-corrected chi connectivity index (χ2v) is 19.8. The number of ether oxygens (including phenoxy) is 2. The molecule has 6 atom stereocenters. The van der Waals surface area contributed by atoms with Gasteiger partial charge in [0.2, 0.25) is 11.8 Å². The number of aliphatic hydroxyl groups excluding tert-OH is 2. The predicted molar refractivity (Wildman–Crippen MR) is 257 cm³/mol. The molecule has 0 aliphatic carbocycles. The lowest BCUT2D eigenvalue weighted by atomic mass is 9.86. The quantitative estimate of drug-likeness (QED) is 0.0637. The molecule has 5 rings (SSSR count). The van der Waals surface area contributed by atoms with Gasteiger partial charge >= 0.3 is 5.97 Å². The fourth-order valence-electron chi connectivity index (χ4n) is 7.74. The molecular weight excluding hydrogens is 929 g/mol. The fraction of sp³-hybridized carbons (Fsp3) is 0.438. The monoisotopic (exact) mass is 990 g/mol. The van der Waals surface area contributed by atoms with E-state index in [1.165, 1.54) is 50.5 Å². The first-order valence-electron chi connectivity index (χ1n) is 22.4. The zero-order valence-electron chi connectivity index (χ0n) is 39.8. The van der Waals surface area contributed by atoms with Crippen LogP contribution in [0.2, 0.25) is 0 Å². The minimum absolute atomic E-state index is 0.0304. The third-order valence-corrected chi connectivity index (χ3v) is 12.4. The Morgan fingerprint density at radius 2 is 1.57 bits per heavy atom. The number of nitrogens with two attached hydrogens (primary N) is 3. The van der Waals surface area contributed by atoms with E-state index in [9.17, 15) is 52.8 Å². The Balaban J connectivity index is 1.65. The van der Waals surface area contributed by atoms with E-state index in [2.05, 4.69) is 40.8 Å². The molecule has 4 aromatic rings. The summed E-state index contributed by atoms with van der Waals surface area (Å²) >= 11 is 0. The Bertz CT molecular complexity index is 2700. The molecule has 0 saturated carbocycles. The van der Waals surface area contributed by atoms with Gasteiger partial charge in [0, 0.05) is 74.7 Å². The maximum atomic E-state index is 14.9. The van der Waals surface area contributed by atoms with E-state index in [1.807, 2.05) is 24.3 Å². The number of aryl methyl sites for hydroxylation is 1. The highest BCUT2D eigenvalue weighted by Gasteiger charge is 2.37. The van der Waals surface area contributed by atoms with Crippen molar-refractivity contribution in [2.45, 2.75) is 83.6 Å². The summed E-state index contributed by atoms with van der Waals surface area (Å²) in [5, 5.41) is 50.5. The van der Waals surface area contributed by atoms with Crippen molar-refractivity contribution in [2.75, 3.05) is 39.9 Å². The Labute approximate surface area is 406 Å². The molecule has 1 aromatic heterocycles. The van der Waals surface area contributed by atoms with E-state index in [0.717, 1.165) is 10.5 Å². The van der Waals surface area contributed by atoms with Gasteiger partial charge in [-0.3, -0.25) is 19.2 Å². The molecule has 12 N–H and O–H groups in total.